The zero-order valence-electron chi connectivity index (χ0n) is 15.8. The molecular weight excluding hydrogens is 459 g/mol. The SMILES string of the molecule is Cc1nn(C)c(Cl)c1/C=C/C(=O)N1CCN(S(=O)(=O)c2cccc(Cl)c2Cl)CC1. The second-order valence-electron chi connectivity index (χ2n) is 6.53. The van der Waals surface area contributed by atoms with Crippen LogP contribution < -0.4 is 0 Å². The molecule has 1 aromatic carbocycles. The van der Waals surface area contributed by atoms with Crippen molar-refractivity contribution in [3.05, 3.63) is 50.7 Å². The van der Waals surface area contributed by atoms with Crippen LogP contribution in [0.1, 0.15) is 11.3 Å². The van der Waals surface area contributed by atoms with E-state index in [0.29, 0.717) is 10.7 Å². The second-order valence-corrected chi connectivity index (χ2v) is 9.58. The molecule has 2 aromatic rings. The molecule has 1 fully saturated rings. The number of hydrogen-bond donors (Lipinski definition) is 0. The summed E-state index contributed by atoms with van der Waals surface area (Å²) in [6.07, 6.45) is 3.05. The highest BCUT2D eigenvalue weighted by molar-refractivity contribution is 7.89. The van der Waals surface area contributed by atoms with E-state index in [1.807, 2.05) is 0 Å². The summed E-state index contributed by atoms with van der Waals surface area (Å²) in [5, 5.41) is 4.82. The molecule has 0 radical (unpaired) electrons. The first-order valence-electron chi connectivity index (χ1n) is 8.73. The highest BCUT2D eigenvalue weighted by atomic mass is 35.5. The van der Waals surface area contributed by atoms with Gasteiger partial charge in [-0.25, -0.2) is 8.42 Å². The maximum atomic E-state index is 12.9. The lowest BCUT2D eigenvalue weighted by molar-refractivity contribution is -0.127. The fourth-order valence-electron chi connectivity index (χ4n) is 3.07. The first-order chi connectivity index (χ1) is 13.6. The summed E-state index contributed by atoms with van der Waals surface area (Å²) in [6, 6.07) is 4.49. The molecule has 1 aliphatic rings. The number of amides is 1. The Morgan fingerprint density at radius 3 is 2.38 bits per heavy atom. The van der Waals surface area contributed by atoms with Crippen molar-refractivity contribution in [1.29, 1.82) is 0 Å². The average molecular weight is 478 g/mol. The van der Waals surface area contributed by atoms with Gasteiger partial charge in [0.25, 0.3) is 0 Å². The Hall–Kier alpha value is -1.58. The van der Waals surface area contributed by atoms with Gasteiger partial charge in [0, 0.05) is 44.9 Å². The molecule has 1 saturated heterocycles. The summed E-state index contributed by atoms with van der Waals surface area (Å²) in [5.41, 5.74) is 1.40. The molecular formula is C18H19Cl3N4O3S. The normalized spacial score (nSPS) is 16.0. The van der Waals surface area contributed by atoms with Gasteiger partial charge in [-0.15, -0.1) is 0 Å². The molecule has 1 amide bonds. The van der Waals surface area contributed by atoms with Crippen molar-refractivity contribution in [2.75, 3.05) is 26.2 Å². The molecule has 0 saturated carbocycles. The molecule has 11 heteroatoms. The van der Waals surface area contributed by atoms with Gasteiger partial charge in [-0.05, 0) is 25.1 Å². The van der Waals surface area contributed by atoms with Crippen LogP contribution in [0.5, 0.6) is 0 Å². The maximum Gasteiger partial charge on any atom is 0.246 e. The number of nitrogens with zero attached hydrogens (tertiary/aromatic N) is 4. The Morgan fingerprint density at radius 1 is 1.14 bits per heavy atom. The van der Waals surface area contributed by atoms with Crippen molar-refractivity contribution < 1.29 is 13.2 Å². The number of benzene rings is 1. The molecule has 1 aliphatic heterocycles. The molecule has 2 heterocycles. The summed E-state index contributed by atoms with van der Waals surface area (Å²) in [4.78, 5) is 14.0. The number of aromatic nitrogens is 2. The van der Waals surface area contributed by atoms with Gasteiger partial charge in [-0.3, -0.25) is 9.48 Å². The van der Waals surface area contributed by atoms with E-state index in [1.54, 1.807) is 24.9 Å². The Bertz CT molecular complexity index is 1070. The van der Waals surface area contributed by atoms with Crippen LogP contribution in [0.15, 0.2) is 29.2 Å². The van der Waals surface area contributed by atoms with E-state index in [0.717, 1.165) is 5.69 Å². The van der Waals surface area contributed by atoms with E-state index in [4.69, 9.17) is 34.8 Å². The molecule has 3 rings (SSSR count). The summed E-state index contributed by atoms with van der Waals surface area (Å²) >= 11 is 18.2. The van der Waals surface area contributed by atoms with Crippen LogP contribution in [0.2, 0.25) is 15.2 Å². The lowest BCUT2D eigenvalue weighted by Gasteiger charge is -2.33. The zero-order valence-corrected chi connectivity index (χ0v) is 18.9. The predicted octanol–water partition coefficient (Wildman–Crippen LogP) is 3.24. The Balaban J connectivity index is 1.68. The van der Waals surface area contributed by atoms with Crippen LogP contribution in [0, 0.1) is 6.92 Å². The first kappa shape index (κ1) is 22.1. The zero-order chi connectivity index (χ0) is 21.3. The van der Waals surface area contributed by atoms with Crippen molar-refractivity contribution >= 4 is 56.8 Å². The van der Waals surface area contributed by atoms with Crippen LogP contribution in [-0.2, 0) is 21.9 Å². The van der Waals surface area contributed by atoms with E-state index in [2.05, 4.69) is 5.10 Å². The largest absolute Gasteiger partial charge is 0.337 e. The van der Waals surface area contributed by atoms with Crippen molar-refractivity contribution in [1.82, 2.24) is 19.0 Å². The van der Waals surface area contributed by atoms with Crippen molar-refractivity contribution in [2.24, 2.45) is 7.05 Å². The van der Waals surface area contributed by atoms with Crippen LogP contribution >= 0.6 is 34.8 Å². The minimum Gasteiger partial charge on any atom is -0.337 e. The first-order valence-corrected chi connectivity index (χ1v) is 11.3. The fourth-order valence-corrected chi connectivity index (χ4v) is 5.46. The summed E-state index contributed by atoms with van der Waals surface area (Å²) in [6.45, 7) is 2.66. The molecule has 1 aromatic heterocycles. The smallest absolute Gasteiger partial charge is 0.246 e. The van der Waals surface area contributed by atoms with Crippen LogP contribution in [-0.4, -0.2) is 59.5 Å². The van der Waals surface area contributed by atoms with Gasteiger partial charge in [0.05, 0.1) is 15.7 Å². The molecule has 0 unspecified atom stereocenters. The Labute approximate surface area is 184 Å². The molecule has 0 aliphatic carbocycles. The van der Waals surface area contributed by atoms with Gasteiger partial charge >= 0.3 is 0 Å². The van der Waals surface area contributed by atoms with E-state index in [1.165, 1.54) is 33.3 Å². The number of piperazine rings is 1. The van der Waals surface area contributed by atoms with E-state index >= 15 is 0 Å². The highest BCUT2D eigenvalue weighted by Gasteiger charge is 2.31. The number of carbonyl (C=O) groups is 1. The van der Waals surface area contributed by atoms with Crippen molar-refractivity contribution in [3.63, 3.8) is 0 Å². The van der Waals surface area contributed by atoms with Crippen LogP contribution in [0.4, 0.5) is 0 Å². The van der Waals surface area contributed by atoms with Crippen molar-refractivity contribution in [2.45, 2.75) is 11.8 Å². The number of aryl methyl sites for hydroxylation is 2. The fraction of sp³-hybridized carbons (Fsp3) is 0.333. The lowest BCUT2D eigenvalue weighted by Crippen LogP contribution is -2.50. The second kappa shape index (κ2) is 8.65. The van der Waals surface area contributed by atoms with Gasteiger partial charge < -0.3 is 4.90 Å². The molecule has 0 N–H and O–H groups in total. The summed E-state index contributed by atoms with van der Waals surface area (Å²) < 4.78 is 28.6. The Kier molecular flexibility index (Phi) is 6.60. The molecule has 0 bridgehead atoms. The quantitative estimate of drug-likeness (QED) is 0.634. The minimum absolute atomic E-state index is 0.000625. The van der Waals surface area contributed by atoms with Gasteiger partial charge in [0.1, 0.15) is 10.0 Å². The number of hydrogen-bond acceptors (Lipinski definition) is 4. The van der Waals surface area contributed by atoms with Gasteiger partial charge in [0.2, 0.25) is 15.9 Å². The average Bonchev–Trinajstić information content (AvgIpc) is 2.93. The van der Waals surface area contributed by atoms with Crippen LogP contribution in [0.3, 0.4) is 0 Å². The third-order valence-electron chi connectivity index (χ3n) is 4.67. The Morgan fingerprint density at radius 2 is 1.79 bits per heavy atom. The predicted molar refractivity (Wildman–Crippen MR) is 114 cm³/mol. The highest BCUT2D eigenvalue weighted by Crippen LogP contribution is 2.31. The van der Waals surface area contributed by atoms with E-state index in [-0.39, 0.29) is 47.0 Å². The summed E-state index contributed by atoms with van der Waals surface area (Å²) in [7, 11) is -2.07. The molecule has 0 atom stereocenters. The topological polar surface area (TPSA) is 75.5 Å². The number of carbonyl (C=O) groups excluding carboxylic acids is 1. The number of halogens is 3. The lowest BCUT2D eigenvalue weighted by atomic mass is 10.2. The number of rotatable bonds is 4. The molecule has 156 valence electrons. The summed E-state index contributed by atoms with van der Waals surface area (Å²) in [5.74, 6) is -0.220. The van der Waals surface area contributed by atoms with Gasteiger partial charge in [-0.2, -0.15) is 9.40 Å². The standard InChI is InChI=1S/C18H19Cl3N4O3S/c1-12-13(18(21)23(2)22-12)6-7-16(26)24-8-10-25(11-9-24)29(27,28)15-5-3-4-14(19)17(15)20/h3-7H,8-11H2,1-2H3/b7-6+. The number of sulfonamides is 1. The minimum atomic E-state index is -3.80. The molecule has 0 spiro atoms. The van der Waals surface area contributed by atoms with Gasteiger partial charge in [0.15, 0.2) is 0 Å². The third kappa shape index (κ3) is 4.46. The maximum absolute atomic E-state index is 12.9. The molecule has 29 heavy (non-hydrogen) atoms. The van der Waals surface area contributed by atoms with Gasteiger partial charge in [-0.1, -0.05) is 40.9 Å². The van der Waals surface area contributed by atoms with E-state index in [9.17, 15) is 13.2 Å². The third-order valence-corrected chi connectivity index (χ3v) is 7.99. The van der Waals surface area contributed by atoms with Crippen molar-refractivity contribution in [3.8, 4) is 0 Å². The molecule has 7 nitrogen and oxygen atoms in total. The van der Waals surface area contributed by atoms with E-state index < -0.39 is 10.0 Å². The monoisotopic (exact) mass is 476 g/mol. The van der Waals surface area contributed by atoms with Crippen LogP contribution in [0.25, 0.3) is 6.08 Å².